The summed E-state index contributed by atoms with van der Waals surface area (Å²) in [4.78, 5) is 28.8. The lowest BCUT2D eigenvalue weighted by Gasteiger charge is -2.10. The second-order valence-corrected chi connectivity index (χ2v) is 7.29. The minimum atomic E-state index is -0.447. The number of benzene rings is 2. The molecular formula is C21H16FN3O4S. The van der Waals surface area contributed by atoms with Crippen molar-refractivity contribution in [1.29, 1.82) is 0 Å². The number of nitrogens with zero attached hydrogens (tertiary/aromatic N) is 3. The molecule has 2 aromatic heterocycles. The van der Waals surface area contributed by atoms with E-state index in [0.29, 0.717) is 44.6 Å². The Labute approximate surface area is 174 Å². The van der Waals surface area contributed by atoms with Crippen LogP contribution in [0.5, 0.6) is 11.5 Å². The topological polar surface area (TPSA) is 82.8 Å². The van der Waals surface area contributed by atoms with E-state index in [1.165, 1.54) is 34.9 Å². The normalized spacial score (nSPS) is 11.8. The van der Waals surface area contributed by atoms with Crippen molar-refractivity contribution in [1.82, 2.24) is 14.6 Å². The molecule has 0 aliphatic heterocycles. The number of carbonyl (C=O) groups excluding carboxylic acids is 1. The van der Waals surface area contributed by atoms with Crippen LogP contribution in [0.1, 0.15) is 19.4 Å². The first-order valence-corrected chi connectivity index (χ1v) is 9.88. The van der Waals surface area contributed by atoms with Crippen LogP contribution in [0.3, 0.4) is 0 Å². The number of thiazole rings is 1. The van der Waals surface area contributed by atoms with E-state index in [1.807, 2.05) is 6.92 Å². The van der Waals surface area contributed by atoms with Gasteiger partial charge in [0.15, 0.2) is 17.3 Å². The second kappa shape index (κ2) is 8.03. The van der Waals surface area contributed by atoms with Crippen molar-refractivity contribution in [3.63, 3.8) is 0 Å². The molecule has 0 spiro atoms. The Balaban J connectivity index is 1.72. The van der Waals surface area contributed by atoms with Crippen LogP contribution >= 0.6 is 11.3 Å². The van der Waals surface area contributed by atoms with Gasteiger partial charge in [0.25, 0.3) is 5.56 Å². The number of aromatic nitrogens is 3. The highest BCUT2D eigenvalue weighted by atomic mass is 32.1. The van der Waals surface area contributed by atoms with Gasteiger partial charge < -0.3 is 9.47 Å². The Hall–Kier alpha value is -3.59. The van der Waals surface area contributed by atoms with Crippen molar-refractivity contribution < 1.29 is 18.7 Å². The zero-order valence-corrected chi connectivity index (χ0v) is 16.9. The number of esters is 1. The number of ether oxygens (including phenoxy) is 2. The highest BCUT2D eigenvalue weighted by molar-refractivity contribution is 7.15. The predicted molar refractivity (Wildman–Crippen MR) is 110 cm³/mol. The van der Waals surface area contributed by atoms with Gasteiger partial charge in [-0.25, -0.2) is 4.39 Å². The lowest BCUT2D eigenvalue weighted by atomic mass is 10.2. The summed E-state index contributed by atoms with van der Waals surface area (Å²) in [6.07, 6.45) is 1.70. The largest absolute Gasteiger partial charge is 0.490 e. The molecule has 0 aliphatic rings. The molecule has 30 heavy (non-hydrogen) atoms. The van der Waals surface area contributed by atoms with E-state index in [-0.39, 0.29) is 11.4 Å². The molecule has 0 radical (unpaired) electrons. The fraction of sp³-hybridized carbons (Fsp3) is 0.143. The molecule has 7 nitrogen and oxygen atoms in total. The molecule has 0 saturated heterocycles. The van der Waals surface area contributed by atoms with Crippen molar-refractivity contribution in [2.45, 2.75) is 13.8 Å². The minimum Gasteiger partial charge on any atom is -0.490 e. The van der Waals surface area contributed by atoms with E-state index >= 15 is 0 Å². The summed E-state index contributed by atoms with van der Waals surface area (Å²) in [6, 6.07) is 10.8. The summed E-state index contributed by atoms with van der Waals surface area (Å²) in [5.74, 6) is 0.279. The maximum absolute atomic E-state index is 13.1. The quantitative estimate of drug-likeness (QED) is 0.361. The van der Waals surface area contributed by atoms with Gasteiger partial charge in [0, 0.05) is 12.5 Å². The van der Waals surface area contributed by atoms with Crippen LogP contribution in [0, 0.1) is 5.82 Å². The standard InChI is InChI=1S/C21H16FN3O4S/c1-3-28-17-10-13(4-9-16(17)29-12(2)26)11-18-20(27)25-21(30-18)23-19(24-25)14-5-7-15(22)8-6-14/h4-11H,3H2,1-2H3/b18-11+. The van der Waals surface area contributed by atoms with E-state index < -0.39 is 5.97 Å². The number of carbonyl (C=O) groups is 1. The second-order valence-electron chi connectivity index (χ2n) is 6.29. The van der Waals surface area contributed by atoms with Crippen LogP contribution in [-0.4, -0.2) is 27.2 Å². The Bertz CT molecular complexity index is 1350. The van der Waals surface area contributed by atoms with Crippen LogP contribution in [0.2, 0.25) is 0 Å². The average molecular weight is 425 g/mol. The lowest BCUT2D eigenvalue weighted by molar-refractivity contribution is -0.132. The third-order valence-electron chi connectivity index (χ3n) is 4.10. The number of halogens is 1. The van der Waals surface area contributed by atoms with Gasteiger partial charge in [-0.05, 0) is 55.0 Å². The molecule has 0 fully saturated rings. The molecule has 0 amide bonds. The lowest BCUT2D eigenvalue weighted by Crippen LogP contribution is -2.23. The van der Waals surface area contributed by atoms with Crippen molar-refractivity contribution in [2.24, 2.45) is 0 Å². The maximum atomic E-state index is 13.1. The molecule has 152 valence electrons. The molecule has 4 aromatic rings. The van der Waals surface area contributed by atoms with Crippen molar-refractivity contribution >= 4 is 28.3 Å². The van der Waals surface area contributed by atoms with Gasteiger partial charge in [0.2, 0.25) is 4.96 Å². The number of hydrogen-bond donors (Lipinski definition) is 0. The molecule has 0 unspecified atom stereocenters. The summed E-state index contributed by atoms with van der Waals surface area (Å²) in [7, 11) is 0. The first-order chi connectivity index (χ1) is 14.4. The molecule has 2 aromatic carbocycles. The molecule has 0 bridgehead atoms. The number of fused-ring (bicyclic) bond motifs is 1. The summed E-state index contributed by atoms with van der Waals surface area (Å²) in [5, 5.41) is 4.25. The Morgan fingerprint density at radius 1 is 1.20 bits per heavy atom. The molecule has 0 aliphatic carbocycles. The fourth-order valence-electron chi connectivity index (χ4n) is 2.83. The third kappa shape index (κ3) is 3.92. The van der Waals surface area contributed by atoms with Gasteiger partial charge in [-0.2, -0.15) is 9.50 Å². The van der Waals surface area contributed by atoms with Crippen molar-refractivity contribution in [3.05, 3.63) is 68.7 Å². The van der Waals surface area contributed by atoms with Crippen molar-refractivity contribution in [3.8, 4) is 22.9 Å². The van der Waals surface area contributed by atoms with Crippen LogP contribution in [0.4, 0.5) is 4.39 Å². The van der Waals surface area contributed by atoms with E-state index in [0.717, 1.165) is 0 Å². The van der Waals surface area contributed by atoms with E-state index in [2.05, 4.69) is 10.1 Å². The Morgan fingerprint density at radius 2 is 1.97 bits per heavy atom. The monoisotopic (exact) mass is 425 g/mol. The van der Waals surface area contributed by atoms with Crippen LogP contribution in [0.15, 0.2) is 47.3 Å². The van der Waals surface area contributed by atoms with Crippen LogP contribution in [-0.2, 0) is 4.79 Å². The summed E-state index contributed by atoms with van der Waals surface area (Å²) in [6.45, 7) is 3.53. The maximum Gasteiger partial charge on any atom is 0.308 e. The highest BCUT2D eigenvalue weighted by Gasteiger charge is 2.13. The van der Waals surface area contributed by atoms with E-state index in [9.17, 15) is 14.0 Å². The summed E-state index contributed by atoms with van der Waals surface area (Å²) >= 11 is 1.19. The Morgan fingerprint density at radius 3 is 2.63 bits per heavy atom. The number of hydrogen-bond acceptors (Lipinski definition) is 7. The first kappa shape index (κ1) is 19.7. The van der Waals surface area contributed by atoms with Gasteiger partial charge in [-0.15, -0.1) is 5.10 Å². The Kier molecular flexibility index (Phi) is 5.28. The van der Waals surface area contributed by atoms with E-state index in [1.54, 1.807) is 36.4 Å². The van der Waals surface area contributed by atoms with Crippen molar-refractivity contribution in [2.75, 3.05) is 6.61 Å². The minimum absolute atomic E-state index is 0.308. The van der Waals surface area contributed by atoms with Gasteiger partial charge in [-0.3, -0.25) is 9.59 Å². The van der Waals surface area contributed by atoms with Crippen LogP contribution in [0.25, 0.3) is 22.4 Å². The van der Waals surface area contributed by atoms with Gasteiger partial charge >= 0.3 is 5.97 Å². The molecule has 0 saturated carbocycles. The number of rotatable bonds is 5. The fourth-order valence-corrected chi connectivity index (χ4v) is 3.74. The predicted octanol–water partition coefficient (Wildman–Crippen LogP) is 2.83. The molecule has 2 heterocycles. The SMILES string of the molecule is CCOc1cc(/C=c2/sc3nc(-c4ccc(F)cc4)nn3c2=O)ccc1OC(C)=O. The molecular weight excluding hydrogens is 409 g/mol. The smallest absolute Gasteiger partial charge is 0.308 e. The highest BCUT2D eigenvalue weighted by Crippen LogP contribution is 2.29. The summed E-state index contributed by atoms with van der Waals surface area (Å²) in [5.41, 5.74) is 1.02. The van der Waals surface area contributed by atoms with Crippen LogP contribution < -0.4 is 19.6 Å². The van der Waals surface area contributed by atoms with Gasteiger partial charge in [-0.1, -0.05) is 17.4 Å². The van der Waals surface area contributed by atoms with Gasteiger partial charge in [0.1, 0.15) is 5.82 Å². The summed E-state index contributed by atoms with van der Waals surface area (Å²) < 4.78 is 25.4. The molecule has 0 N–H and O–H groups in total. The zero-order chi connectivity index (χ0) is 21.3. The van der Waals surface area contributed by atoms with E-state index in [4.69, 9.17) is 9.47 Å². The third-order valence-corrected chi connectivity index (χ3v) is 5.06. The van der Waals surface area contributed by atoms with Gasteiger partial charge in [0.05, 0.1) is 11.1 Å². The molecule has 0 atom stereocenters. The molecule has 4 rings (SSSR count). The first-order valence-electron chi connectivity index (χ1n) is 9.07. The zero-order valence-electron chi connectivity index (χ0n) is 16.1. The molecule has 9 heteroatoms. The average Bonchev–Trinajstić information content (AvgIpc) is 3.24.